The number of carboxylic acids is 1. The molecule has 5 heteroatoms. The molecule has 0 amide bonds. The summed E-state index contributed by atoms with van der Waals surface area (Å²) >= 11 is 0. The molecule has 5 rings (SSSR count). The van der Waals surface area contributed by atoms with Gasteiger partial charge in [-0.1, -0.05) is 42.5 Å². The molecule has 1 N–H and O–H groups in total. The monoisotopic (exact) mass is 441 g/mol. The van der Waals surface area contributed by atoms with Gasteiger partial charge in [-0.15, -0.1) is 0 Å². The molecular formula is C28H27NO4. The molecule has 0 aliphatic heterocycles. The van der Waals surface area contributed by atoms with Crippen molar-refractivity contribution in [3.05, 3.63) is 95.2 Å². The van der Waals surface area contributed by atoms with Crippen LogP contribution in [0.5, 0.6) is 11.5 Å². The van der Waals surface area contributed by atoms with Gasteiger partial charge in [-0.3, -0.25) is 0 Å². The first-order valence-electron chi connectivity index (χ1n) is 11.3. The molecule has 0 bridgehead atoms. The zero-order valence-electron chi connectivity index (χ0n) is 18.7. The van der Waals surface area contributed by atoms with Crippen LogP contribution in [-0.4, -0.2) is 29.4 Å². The first kappa shape index (κ1) is 21.1. The zero-order chi connectivity index (χ0) is 22.8. The summed E-state index contributed by atoms with van der Waals surface area (Å²) in [6, 6.07) is 23.7. The molecule has 0 atom stereocenters. The van der Waals surface area contributed by atoms with Crippen LogP contribution in [0.4, 0.5) is 0 Å². The molecule has 0 unspecified atom stereocenters. The van der Waals surface area contributed by atoms with E-state index in [1.54, 1.807) is 7.11 Å². The average Bonchev–Trinajstić information content (AvgIpc) is 3.62. The van der Waals surface area contributed by atoms with Crippen LogP contribution in [0.25, 0.3) is 10.9 Å². The zero-order valence-corrected chi connectivity index (χ0v) is 18.7. The molecule has 0 saturated heterocycles. The van der Waals surface area contributed by atoms with E-state index >= 15 is 0 Å². The molecule has 4 aromatic rings. The van der Waals surface area contributed by atoms with Gasteiger partial charge in [0.25, 0.3) is 0 Å². The van der Waals surface area contributed by atoms with Gasteiger partial charge in [0.2, 0.25) is 0 Å². The number of nitrogens with zero attached hydrogens (tertiary/aromatic N) is 1. The van der Waals surface area contributed by atoms with E-state index in [4.69, 9.17) is 9.47 Å². The van der Waals surface area contributed by atoms with E-state index in [1.165, 1.54) is 12.8 Å². The van der Waals surface area contributed by atoms with Crippen LogP contribution in [0.3, 0.4) is 0 Å². The van der Waals surface area contributed by atoms with E-state index in [1.807, 2.05) is 77.4 Å². The molecule has 1 aliphatic rings. The van der Waals surface area contributed by atoms with Crippen molar-refractivity contribution >= 4 is 16.9 Å². The Bertz CT molecular complexity index is 1290. The van der Waals surface area contributed by atoms with Crippen molar-refractivity contribution in [2.24, 2.45) is 5.92 Å². The molecule has 1 aromatic heterocycles. The lowest BCUT2D eigenvalue weighted by Crippen LogP contribution is -2.12. The summed E-state index contributed by atoms with van der Waals surface area (Å²) < 4.78 is 13.1. The quantitative estimate of drug-likeness (QED) is 0.358. The Hall–Kier alpha value is -3.73. The van der Waals surface area contributed by atoms with Crippen molar-refractivity contribution in [3.8, 4) is 11.5 Å². The molecule has 1 saturated carbocycles. The van der Waals surface area contributed by atoms with Gasteiger partial charge in [0.15, 0.2) is 0 Å². The second kappa shape index (κ2) is 9.02. The van der Waals surface area contributed by atoms with Crippen molar-refractivity contribution in [2.75, 3.05) is 13.7 Å². The number of hydrogen-bond donors (Lipinski definition) is 1. The number of hydrogen-bond acceptors (Lipinski definition) is 3. The van der Waals surface area contributed by atoms with Crippen LogP contribution < -0.4 is 9.47 Å². The molecule has 1 aliphatic carbocycles. The Balaban J connectivity index is 1.52. The summed E-state index contributed by atoms with van der Waals surface area (Å²) in [5, 5.41) is 11.2. The number of para-hydroxylation sites is 1. The Kier molecular flexibility index (Phi) is 5.78. The largest absolute Gasteiger partial charge is 0.497 e. The highest BCUT2D eigenvalue weighted by molar-refractivity contribution is 5.98. The predicted molar refractivity (Wildman–Crippen MR) is 128 cm³/mol. The van der Waals surface area contributed by atoms with E-state index < -0.39 is 5.97 Å². The third-order valence-corrected chi connectivity index (χ3v) is 6.24. The van der Waals surface area contributed by atoms with E-state index in [-0.39, 0.29) is 0 Å². The van der Waals surface area contributed by atoms with Crippen LogP contribution in [0.2, 0.25) is 0 Å². The SMILES string of the molecule is COc1ccc(Cc2c(C(=O)O)n(Cc3cccc(OCC4CC4)c3)c3ccccc23)cc1. The number of benzene rings is 3. The fraction of sp³-hybridized carbons (Fsp3) is 0.250. The molecule has 1 fully saturated rings. The van der Waals surface area contributed by atoms with Crippen LogP contribution in [0.1, 0.15) is 40.0 Å². The van der Waals surface area contributed by atoms with Crippen molar-refractivity contribution in [3.63, 3.8) is 0 Å². The van der Waals surface area contributed by atoms with Crippen LogP contribution in [0.15, 0.2) is 72.8 Å². The third kappa shape index (κ3) is 4.58. The maximum Gasteiger partial charge on any atom is 0.352 e. The smallest absolute Gasteiger partial charge is 0.352 e. The van der Waals surface area contributed by atoms with Crippen molar-refractivity contribution < 1.29 is 19.4 Å². The minimum absolute atomic E-state index is 0.330. The summed E-state index contributed by atoms with van der Waals surface area (Å²) in [5.41, 5.74) is 4.13. The lowest BCUT2D eigenvalue weighted by Gasteiger charge is -2.12. The average molecular weight is 442 g/mol. The van der Waals surface area contributed by atoms with Gasteiger partial charge in [-0.25, -0.2) is 4.79 Å². The standard InChI is InChI=1S/C28H27NO4/c1-32-22-13-11-19(12-14-22)16-25-24-7-2-3-8-26(24)29(27(25)28(30)31)17-21-5-4-6-23(15-21)33-18-20-9-10-20/h2-8,11-15,20H,9-10,16-18H2,1H3,(H,30,31). The summed E-state index contributed by atoms with van der Waals surface area (Å²) in [7, 11) is 1.64. The van der Waals surface area contributed by atoms with Gasteiger partial charge in [0, 0.05) is 23.9 Å². The van der Waals surface area contributed by atoms with Gasteiger partial charge in [0.05, 0.1) is 13.7 Å². The fourth-order valence-electron chi connectivity index (χ4n) is 4.33. The number of rotatable bonds is 9. The first-order valence-corrected chi connectivity index (χ1v) is 11.3. The van der Waals surface area contributed by atoms with E-state index in [0.29, 0.717) is 24.6 Å². The number of carbonyl (C=O) groups is 1. The molecular weight excluding hydrogens is 414 g/mol. The van der Waals surface area contributed by atoms with Crippen molar-refractivity contribution in [1.29, 1.82) is 0 Å². The number of aromatic carboxylic acids is 1. The molecule has 5 nitrogen and oxygen atoms in total. The number of ether oxygens (including phenoxy) is 2. The lowest BCUT2D eigenvalue weighted by atomic mass is 10.0. The Morgan fingerprint density at radius 1 is 0.970 bits per heavy atom. The first-order chi connectivity index (χ1) is 16.1. The Morgan fingerprint density at radius 2 is 1.76 bits per heavy atom. The fourth-order valence-corrected chi connectivity index (χ4v) is 4.33. The number of carboxylic acid groups (broad SMARTS) is 1. The van der Waals surface area contributed by atoms with Crippen molar-refractivity contribution in [1.82, 2.24) is 4.57 Å². The number of aromatic nitrogens is 1. The highest BCUT2D eigenvalue weighted by Crippen LogP contribution is 2.32. The highest BCUT2D eigenvalue weighted by atomic mass is 16.5. The Morgan fingerprint density at radius 3 is 2.48 bits per heavy atom. The van der Waals surface area contributed by atoms with Crippen molar-refractivity contribution in [2.45, 2.75) is 25.8 Å². The normalized spacial score (nSPS) is 13.2. The minimum atomic E-state index is -0.921. The lowest BCUT2D eigenvalue weighted by molar-refractivity contribution is 0.0685. The summed E-state index contributed by atoms with van der Waals surface area (Å²) in [5.74, 6) is 1.38. The molecule has 1 heterocycles. The maximum absolute atomic E-state index is 12.5. The number of fused-ring (bicyclic) bond motifs is 1. The van der Waals surface area contributed by atoms with Gasteiger partial charge in [-0.2, -0.15) is 0 Å². The predicted octanol–water partition coefficient (Wildman–Crippen LogP) is 5.78. The van der Waals surface area contributed by atoms with Crippen LogP contribution >= 0.6 is 0 Å². The summed E-state index contributed by atoms with van der Waals surface area (Å²) in [4.78, 5) is 12.5. The Labute approximate surface area is 193 Å². The molecule has 0 spiro atoms. The van der Waals surface area contributed by atoms with Gasteiger partial charge < -0.3 is 19.1 Å². The van der Waals surface area contributed by atoms with Crippen LogP contribution in [-0.2, 0) is 13.0 Å². The third-order valence-electron chi connectivity index (χ3n) is 6.24. The van der Waals surface area contributed by atoms with E-state index in [0.717, 1.165) is 45.7 Å². The molecule has 33 heavy (non-hydrogen) atoms. The molecule has 168 valence electrons. The van der Waals surface area contributed by atoms with Gasteiger partial charge in [-0.05, 0) is 65.8 Å². The van der Waals surface area contributed by atoms with Gasteiger partial charge >= 0.3 is 5.97 Å². The number of methoxy groups -OCH3 is 1. The second-order valence-corrected chi connectivity index (χ2v) is 8.66. The summed E-state index contributed by atoms with van der Waals surface area (Å²) in [6.45, 7) is 1.22. The second-order valence-electron chi connectivity index (χ2n) is 8.66. The minimum Gasteiger partial charge on any atom is -0.497 e. The maximum atomic E-state index is 12.5. The van der Waals surface area contributed by atoms with E-state index in [2.05, 4.69) is 0 Å². The molecule has 3 aromatic carbocycles. The van der Waals surface area contributed by atoms with Gasteiger partial charge in [0.1, 0.15) is 17.2 Å². The van der Waals surface area contributed by atoms with Crippen LogP contribution in [0, 0.1) is 5.92 Å². The summed E-state index contributed by atoms with van der Waals surface area (Å²) in [6.07, 6.45) is 3.02. The van der Waals surface area contributed by atoms with E-state index in [9.17, 15) is 9.90 Å². The molecule has 0 radical (unpaired) electrons. The topological polar surface area (TPSA) is 60.7 Å². The highest BCUT2D eigenvalue weighted by Gasteiger charge is 2.23.